The van der Waals surface area contributed by atoms with E-state index in [1.807, 2.05) is 6.20 Å². The molecule has 0 saturated heterocycles. The molecule has 20 heavy (non-hydrogen) atoms. The van der Waals surface area contributed by atoms with Crippen molar-refractivity contribution in [1.29, 1.82) is 0 Å². The van der Waals surface area contributed by atoms with Crippen LogP contribution in [0.15, 0.2) is 54.7 Å². The summed E-state index contributed by atoms with van der Waals surface area (Å²) in [6, 6.07) is 17.5. The summed E-state index contributed by atoms with van der Waals surface area (Å²) in [4.78, 5) is 4.63. The number of rotatable bonds is 1. The maximum absolute atomic E-state index is 4.63. The maximum atomic E-state index is 4.63. The van der Waals surface area contributed by atoms with E-state index >= 15 is 0 Å². The third kappa shape index (κ3) is 2.00. The number of aromatic nitrogens is 1. The highest BCUT2D eigenvalue weighted by atomic mass is 14.7. The van der Waals surface area contributed by atoms with E-state index in [2.05, 4.69) is 53.5 Å². The zero-order chi connectivity index (χ0) is 13.4. The lowest BCUT2D eigenvalue weighted by Crippen LogP contribution is -2.02. The largest absolute Gasteiger partial charge is 0.256 e. The Morgan fingerprint density at radius 2 is 1.55 bits per heavy atom. The van der Waals surface area contributed by atoms with Crippen LogP contribution < -0.4 is 0 Å². The van der Waals surface area contributed by atoms with Gasteiger partial charge in [-0.25, -0.2) is 0 Å². The number of nitrogens with zero attached hydrogens (tertiary/aromatic N) is 1. The Bertz CT molecular complexity index is 774. The second-order valence-corrected chi connectivity index (χ2v) is 5.61. The Balaban J connectivity index is 1.82. The molecular formula is C19H17N. The van der Waals surface area contributed by atoms with Crippen molar-refractivity contribution in [3.63, 3.8) is 0 Å². The van der Waals surface area contributed by atoms with Crippen LogP contribution in [0.4, 0.5) is 0 Å². The summed E-state index contributed by atoms with van der Waals surface area (Å²) in [5, 5.41) is 2.46. The van der Waals surface area contributed by atoms with Gasteiger partial charge in [0.05, 0.1) is 5.69 Å². The van der Waals surface area contributed by atoms with Gasteiger partial charge >= 0.3 is 0 Å². The Labute approximate surface area is 119 Å². The van der Waals surface area contributed by atoms with E-state index < -0.39 is 0 Å². The molecule has 0 fully saturated rings. The molecule has 0 unspecified atom stereocenters. The highest BCUT2D eigenvalue weighted by molar-refractivity contribution is 5.85. The predicted octanol–water partition coefficient (Wildman–Crippen LogP) is 4.78. The number of hydrogen-bond donors (Lipinski definition) is 0. The molecule has 0 saturated carbocycles. The Morgan fingerprint density at radius 3 is 2.45 bits per heavy atom. The fourth-order valence-electron chi connectivity index (χ4n) is 3.13. The summed E-state index contributed by atoms with van der Waals surface area (Å²) >= 11 is 0. The number of fused-ring (bicyclic) bond motifs is 2. The van der Waals surface area contributed by atoms with Gasteiger partial charge in [0, 0.05) is 17.1 Å². The van der Waals surface area contributed by atoms with Gasteiger partial charge in [-0.2, -0.15) is 0 Å². The van der Waals surface area contributed by atoms with Crippen LogP contribution in [0, 0.1) is 0 Å². The molecule has 1 aliphatic carbocycles. The van der Waals surface area contributed by atoms with Crippen molar-refractivity contribution in [2.45, 2.75) is 25.7 Å². The smallest absolute Gasteiger partial charge is 0.0708 e. The van der Waals surface area contributed by atoms with E-state index in [1.165, 1.54) is 53.1 Å². The molecule has 0 N–H and O–H groups in total. The van der Waals surface area contributed by atoms with E-state index in [-0.39, 0.29) is 0 Å². The Hall–Kier alpha value is -2.15. The van der Waals surface area contributed by atoms with Crippen molar-refractivity contribution in [1.82, 2.24) is 4.98 Å². The normalized spacial score (nSPS) is 14.2. The van der Waals surface area contributed by atoms with Crippen molar-refractivity contribution in [3.05, 3.63) is 65.9 Å². The first-order chi connectivity index (χ1) is 9.90. The minimum Gasteiger partial charge on any atom is -0.256 e. The van der Waals surface area contributed by atoms with Crippen LogP contribution in [0.5, 0.6) is 0 Å². The van der Waals surface area contributed by atoms with Gasteiger partial charge in [-0.05, 0) is 54.3 Å². The molecule has 1 heterocycles. The fourth-order valence-corrected chi connectivity index (χ4v) is 3.13. The third-order valence-corrected chi connectivity index (χ3v) is 4.28. The molecule has 1 aromatic heterocycles. The summed E-state index contributed by atoms with van der Waals surface area (Å²) in [5.74, 6) is 0. The number of pyridine rings is 1. The first-order valence-electron chi connectivity index (χ1n) is 7.37. The van der Waals surface area contributed by atoms with Crippen molar-refractivity contribution in [3.8, 4) is 11.3 Å². The van der Waals surface area contributed by atoms with Gasteiger partial charge in [0.2, 0.25) is 0 Å². The molecule has 4 rings (SSSR count). The highest BCUT2D eigenvalue weighted by Gasteiger charge is 2.10. The topological polar surface area (TPSA) is 12.9 Å². The first-order valence-corrected chi connectivity index (χ1v) is 7.37. The molecule has 2 aromatic carbocycles. The van der Waals surface area contributed by atoms with Gasteiger partial charge in [0.1, 0.15) is 0 Å². The number of benzene rings is 2. The monoisotopic (exact) mass is 259 g/mol. The van der Waals surface area contributed by atoms with Crippen molar-refractivity contribution < 1.29 is 0 Å². The van der Waals surface area contributed by atoms with Gasteiger partial charge in [-0.3, -0.25) is 4.98 Å². The van der Waals surface area contributed by atoms with Crippen LogP contribution in [-0.4, -0.2) is 4.98 Å². The summed E-state index contributed by atoms with van der Waals surface area (Å²) in [7, 11) is 0. The van der Waals surface area contributed by atoms with Crippen LogP contribution >= 0.6 is 0 Å². The maximum Gasteiger partial charge on any atom is 0.0708 e. The molecule has 0 bridgehead atoms. The van der Waals surface area contributed by atoms with Gasteiger partial charge in [-0.1, -0.05) is 36.4 Å². The molecule has 0 radical (unpaired) electrons. The second kappa shape index (κ2) is 4.75. The van der Waals surface area contributed by atoms with Gasteiger partial charge < -0.3 is 0 Å². The molecule has 0 aliphatic heterocycles. The van der Waals surface area contributed by atoms with Gasteiger partial charge in [0.25, 0.3) is 0 Å². The quantitative estimate of drug-likeness (QED) is 0.613. The Morgan fingerprint density at radius 1 is 0.750 bits per heavy atom. The minimum atomic E-state index is 1.08. The van der Waals surface area contributed by atoms with Crippen molar-refractivity contribution in [2.24, 2.45) is 0 Å². The lowest BCUT2D eigenvalue weighted by Gasteiger charge is -2.16. The second-order valence-electron chi connectivity index (χ2n) is 5.61. The molecule has 3 aromatic rings. The molecule has 98 valence electrons. The zero-order valence-corrected chi connectivity index (χ0v) is 11.5. The van der Waals surface area contributed by atoms with E-state index in [4.69, 9.17) is 0 Å². The lowest BCUT2D eigenvalue weighted by atomic mass is 9.90. The summed E-state index contributed by atoms with van der Waals surface area (Å²) in [5.41, 5.74) is 5.37. The first kappa shape index (κ1) is 11.7. The van der Waals surface area contributed by atoms with Crippen molar-refractivity contribution in [2.75, 3.05) is 0 Å². The predicted molar refractivity (Wildman–Crippen MR) is 83.8 cm³/mol. The Kier molecular flexibility index (Phi) is 2.77. The molecule has 1 aliphatic rings. The van der Waals surface area contributed by atoms with E-state index in [1.54, 1.807) is 0 Å². The standard InChI is InChI=1S/C19H17N/c1-2-6-15-11-17(10-9-14(15)5-1)19-12-16-7-3-4-8-18(16)13-20-19/h3-4,7-13H,1-2,5-6H2. The zero-order valence-electron chi connectivity index (χ0n) is 11.5. The number of aryl methyl sites for hydroxylation is 2. The lowest BCUT2D eigenvalue weighted by molar-refractivity contribution is 0.686. The van der Waals surface area contributed by atoms with Gasteiger partial charge in [-0.15, -0.1) is 0 Å². The van der Waals surface area contributed by atoms with Crippen molar-refractivity contribution >= 4 is 10.8 Å². The van der Waals surface area contributed by atoms with Crippen LogP contribution in [0.25, 0.3) is 22.0 Å². The molecule has 0 spiro atoms. The molecular weight excluding hydrogens is 242 g/mol. The molecule has 1 nitrogen and oxygen atoms in total. The molecule has 0 atom stereocenters. The molecule has 1 heteroatoms. The minimum absolute atomic E-state index is 1.08. The summed E-state index contributed by atoms with van der Waals surface area (Å²) < 4.78 is 0. The number of hydrogen-bond acceptors (Lipinski definition) is 1. The van der Waals surface area contributed by atoms with Crippen LogP contribution in [0.1, 0.15) is 24.0 Å². The van der Waals surface area contributed by atoms with Crippen LogP contribution in [0.2, 0.25) is 0 Å². The van der Waals surface area contributed by atoms with Gasteiger partial charge in [0.15, 0.2) is 0 Å². The highest BCUT2D eigenvalue weighted by Crippen LogP contribution is 2.27. The summed E-state index contributed by atoms with van der Waals surface area (Å²) in [6.45, 7) is 0. The third-order valence-electron chi connectivity index (χ3n) is 4.28. The molecule has 0 amide bonds. The summed E-state index contributed by atoms with van der Waals surface area (Å²) in [6.07, 6.45) is 7.09. The average Bonchev–Trinajstić information content (AvgIpc) is 2.54. The fraction of sp³-hybridized carbons (Fsp3) is 0.211. The van der Waals surface area contributed by atoms with E-state index in [9.17, 15) is 0 Å². The van der Waals surface area contributed by atoms with E-state index in [0.717, 1.165) is 5.69 Å². The van der Waals surface area contributed by atoms with Crippen LogP contribution in [-0.2, 0) is 12.8 Å². The SMILES string of the molecule is c1ccc2cc(-c3ccc4c(c3)CCCC4)ncc2c1. The average molecular weight is 259 g/mol. The van der Waals surface area contributed by atoms with Crippen LogP contribution in [0.3, 0.4) is 0 Å². The van der Waals surface area contributed by atoms with E-state index in [0.29, 0.717) is 0 Å².